The van der Waals surface area contributed by atoms with Crippen LogP contribution in [-0.4, -0.2) is 5.91 Å². The zero-order valence-corrected chi connectivity index (χ0v) is 11.5. The summed E-state index contributed by atoms with van der Waals surface area (Å²) in [6.45, 7) is 2.14. The van der Waals surface area contributed by atoms with E-state index in [1.807, 2.05) is 18.2 Å². The van der Waals surface area contributed by atoms with E-state index < -0.39 is 0 Å². The third kappa shape index (κ3) is 2.16. The van der Waals surface area contributed by atoms with E-state index >= 15 is 0 Å². The fraction of sp³-hybridized carbons (Fsp3) is 0.235. The quantitative estimate of drug-likeness (QED) is 0.839. The molecule has 0 aliphatic carbocycles. The van der Waals surface area contributed by atoms with Gasteiger partial charge in [-0.05, 0) is 35.6 Å². The van der Waals surface area contributed by atoms with E-state index in [2.05, 4.69) is 36.5 Å². The molecule has 0 saturated carbocycles. The largest absolute Gasteiger partial charge is 0.397 e. The van der Waals surface area contributed by atoms with E-state index in [1.165, 1.54) is 11.1 Å². The summed E-state index contributed by atoms with van der Waals surface area (Å²) in [7, 11) is 0. The molecule has 0 radical (unpaired) electrons. The number of para-hydroxylation sites is 1. The van der Waals surface area contributed by atoms with Gasteiger partial charge in [0.1, 0.15) is 0 Å². The van der Waals surface area contributed by atoms with Gasteiger partial charge >= 0.3 is 0 Å². The molecule has 0 spiro atoms. The Bertz CT molecular complexity index is 647. The molecule has 1 aliphatic heterocycles. The minimum Gasteiger partial charge on any atom is -0.397 e. The second-order valence-corrected chi connectivity index (χ2v) is 5.23. The molecule has 1 amide bonds. The van der Waals surface area contributed by atoms with Crippen molar-refractivity contribution in [3.8, 4) is 0 Å². The number of carbonyl (C=O) groups is 1. The van der Waals surface area contributed by atoms with E-state index in [1.54, 1.807) is 0 Å². The number of hydrogen-bond donors (Lipinski definition) is 2. The van der Waals surface area contributed by atoms with Crippen molar-refractivity contribution in [2.24, 2.45) is 0 Å². The first-order valence-corrected chi connectivity index (χ1v) is 6.96. The van der Waals surface area contributed by atoms with Crippen molar-refractivity contribution in [1.82, 2.24) is 0 Å². The van der Waals surface area contributed by atoms with Crippen LogP contribution in [0, 0.1) is 0 Å². The number of nitrogen functional groups attached to an aromatic ring is 1. The fourth-order valence-electron chi connectivity index (χ4n) is 2.72. The summed E-state index contributed by atoms with van der Waals surface area (Å²) in [5, 5.41) is 2.89. The number of nitrogens with two attached hydrogens (primary N) is 1. The van der Waals surface area contributed by atoms with Gasteiger partial charge in [-0.15, -0.1) is 0 Å². The number of nitrogens with one attached hydrogen (secondary N) is 1. The number of amides is 1. The summed E-state index contributed by atoms with van der Waals surface area (Å²) < 4.78 is 0. The minimum atomic E-state index is -0.138. The van der Waals surface area contributed by atoms with Crippen LogP contribution in [0.3, 0.4) is 0 Å². The predicted molar refractivity (Wildman–Crippen MR) is 81.7 cm³/mol. The second-order valence-electron chi connectivity index (χ2n) is 5.23. The topological polar surface area (TPSA) is 55.1 Å². The average Bonchev–Trinajstić information content (AvgIpc) is 2.78. The lowest BCUT2D eigenvalue weighted by atomic mass is 9.92. The van der Waals surface area contributed by atoms with Crippen LogP contribution < -0.4 is 11.1 Å². The van der Waals surface area contributed by atoms with E-state index in [0.717, 1.165) is 17.7 Å². The molecule has 2 aromatic rings. The Morgan fingerprint density at radius 1 is 1.10 bits per heavy atom. The predicted octanol–water partition coefficient (Wildman–Crippen LogP) is 3.11. The Kier molecular flexibility index (Phi) is 3.18. The SMILES string of the molecule is CCc1ccc(CC2C(=O)Nc3c(N)cccc32)cc1. The molecule has 20 heavy (non-hydrogen) atoms. The van der Waals surface area contributed by atoms with Gasteiger partial charge in [0, 0.05) is 0 Å². The number of benzene rings is 2. The van der Waals surface area contributed by atoms with E-state index in [0.29, 0.717) is 12.1 Å². The highest BCUT2D eigenvalue weighted by molar-refractivity contribution is 6.05. The maximum atomic E-state index is 12.1. The Balaban J connectivity index is 1.88. The highest BCUT2D eigenvalue weighted by atomic mass is 16.2. The molecule has 102 valence electrons. The molecule has 1 atom stereocenters. The van der Waals surface area contributed by atoms with Crippen molar-refractivity contribution < 1.29 is 4.79 Å². The third-order valence-electron chi connectivity index (χ3n) is 3.94. The van der Waals surface area contributed by atoms with Crippen LogP contribution in [0.25, 0.3) is 0 Å². The number of fused-ring (bicyclic) bond motifs is 1. The molecule has 1 aliphatic rings. The summed E-state index contributed by atoms with van der Waals surface area (Å²) >= 11 is 0. The maximum absolute atomic E-state index is 12.1. The molecular formula is C17H18N2O. The Morgan fingerprint density at radius 2 is 1.80 bits per heavy atom. The van der Waals surface area contributed by atoms with Gasteiger partial charge in [-0.1, -0.05) is 43.3 Å². The van der Waals surface area contributed by atoms with Gasteiger partial charge in [0.05, 0.1) is 17.3 Å². The summed E-state index contributed by atoms with van der Waals surface area (Å²) in [6, 6.07) is 14.2. The lowest BCUT2D eigenvalue weighted by Gasteiger charge is -2.09. The van der Waals surface area contributed by atoms with Crippen molar-refractivity contribution in [2.75, 3.05) is 11.1 Å². The smallest absolute Gasteiger partial charge is 0.232 e. The number of aryl methyl sites for hydroxylation is 1. The summed E-state index contributed by atoms with van der Waals surface area (Å²) in [4.78, 5) is 12.1. The van der Waals surface area contributed by atoms with Crippen LogP contribution in [0.15, 0.2) is 42.5 Å². The first kappa shape index (κ1) is 12.7. The molecule has 1 heterocycles. The van der Waals surface area contributed by atoms with Gasteiger partial charge in [0.15, 0.2) is 0 Å². The highest BCUT2D eigenvalue weighted by Gasteiger charge is 2.31. The van der Waals surface area contributed by atoms with Crippen LogP contribution in [0.2, 0.25) is 0 Å². The van der Waals surface area contributed by atoms with Crippen LogP contribution >= 0.6 is 0 Å². The van der Waals surface area contributed by atoms with Gasteiger partial charge in [0.2, 0.25) is 5.91 Å². The molecule has 3 N–H and O–H groups in total. The fourth-order valence-corrected chi connectivity index (χ4v) is 2.72. The Morgan fingerprint density at radius 3 is 2.50 bits per heavy atom. The summed E-state index contributed by atoms with van der Waals surface area (Å²) in [6.07, 6.45) is 1.75. The van der Waals surface area contributed by atoms with Crippen molar-refractivity contribution in [3.05, 3.63) is 59.2 Å². The lowest BCUT2D eigenvalue weighted by Crippen LogP contribution is -2.14. The van der Waals surface area contributed by atoms with Crippen molar-refractivity contribution in [2.45, 2.75) is 25.7 Å². The van der Waals surface area contributed by atoms with Crippen molar-refractivity contribution in [1.29, 1.82) is 0 Å². The first-order valence-electron chi connectivity index (χ1n) is 6.96. The number of anilines is 2. The molecule has 3 rings (SSSR count). The van der Waals surface area contributed by atoms with Gasteiger partial charge in [0.25, 0.3) is 0 Å². The summed E-state index contributed by atoms with van der Waals surface area (Å²) in [5.74, 6) is -0.0987. The van der Waals surface area contributed by atoms with E-state index in [9.17, 15) is 4.79 Å². The van der Waals surface area contributed by atoms with Gasteiger partial charge in [-0.2, -0.15) is 0 Å². The molecule has 1 unspecified atom stereocenters. The molecule has 3 nitrogen and oxygen atoms in total. The van der Waals surface area contributed by atoms with Gasteiger partial charge in [-0.3, -0.25) is 4.79 Å². The number of rotatable bonds is 3. The molecule has 3 heteroatoms. The lowest BCUT2D eigenvalue weighted by molar-refractivity contribution is -0.117. The first-order chi connectivity index (χ1) is 9.69. The van der Waals surface area contributed by atoms with E-state index in [4.69, 9.17) is 5.73 Å². The zero-order valence-electron chi connectivity index (χ0n) is 11.5. The summed E-state index contributed by atoms with van der Waals surface area (Å²) in [5.41, 5.74) is 10.8. The normalized spacial score (nSPS) is 16.9. The Hall–Kier alpha value is -2.29. The molecule has 0 bridgehead atoms. The van der Waals surface area contributed by atoms with Crippen molar-refractivity contribution >= 4 is 17.3 Å². The van der Waals surface area contributed by atoms with Gasteiger partial charge in [-0.25, -0.2) is 0 Å². The number of hydrogen-bond acceptors (Lipinski definition) is 2. The standard InChI is InChI=1S/C17H18N2O/c1-2-11-6-8-12(9-7-11)10-14-13-4-3-5-15(18)16(13)19-17(14)20/h3-9,14H,2,10,18H2,1H3,(H,19,20). The second kappa shape index (κ2) is 5.00. The van der Waals surface area contributed by atoms with Crippen LogP contribution in [0.1, 0.15) is 29.5 Å². The molecule has 0 fully saturated rings. The van der Waals surface area contributed by atoms with E-state index in [-0.39, 0.29) is 11.8 Å². The highest BCUT2D eigenvalue weighted by Crippen LogP contribution is 2.38. The molecule has 0 saturated heterocycles. The maximum Gasteiger partial charge on any atom is 0.232 e. The van der Waals surface area contributed by atoms with Gasteiger partial charge < -0.3 is 11.1 Å². The monoisotopic (exact) mass is 266 g/mol. The average molecular weight is 266 g/mol. The zero-order chi connectivity index (χ0) is 14.1. The molecule has 2 aromatic carbocycles. The van der Waals surface area contributed by atoms with Crippen LogP contribution in [-0.2, 0) is 17.6 Å². The third-order valence-corrected chi connectivity index (χ3v) is 3.94. The molecular weight excluding hydrogens is 248 g/mol. The van der Waals surface area contributed by atoms with Crippen molar-refractivity contribution in [3.63, 3.8) is 0 Å². The van der Waals surface area contributed by atoms with Crippen LogP contribution in [0.4, 0.5) is 11.4 Å². The number of carbonyl (C=O) groups excluding carboxylic acids is 1. The minimum absolute atomic E-state index is 0.0393. The molecule has 0 aromatic heterocycles. The van der Waals surface area contributed by atoms with Crippen LogP contribution in [0.5, 0.6) is 0 Å². The Labute approximate surface area is 118 Å².